The van der Waals surface area contributed by atoms with Crippen molar-refractivity contribution in [1.82, 2.24) is 39.9 Å². The molecule has 0 spiro atoms. The van der Waals surface area contributed by atoms with E-state index >= 15 is 0 Å². The molecule has 2 bridgehead atoms. The van der Waals surface area contributed by atoms with Crippen LogP contribution in [0.3, 0.4) is 0 Å². The van der Waals surface area contributed by atoms with Gasteiger partial charge in [0.05, 0.1) is 17.9 Å². The zero-order valence-electron chi connectivity index (χ0n) is 28.9. The standard InChI is InChI=1S/C37H40BrN9O4/c1-21-35-37(21)14-28(36(51)44-30-18-39-17-29(38)43-30)47(35)32(50)19-46-34-24(10-8-6-4-5-7-9-11-31(49)42-20-37)12-25(26-15-40-23(3)41-16-26)13-27(34)33(45-46)22(2)48/h4-5,12-13,15-18,21,28,35H,6-11,14,19-20H2,1-3H3,(H,42,49)(H,43,44,51)/b5-4+/t21-,28-,35?,37+/m0/s1. The number of amides is 3. The molecule has 2 aliphatic heterocycles. The summed E-state index contributed by atoms with van der Waals surface area (Å²) in [6.45, 7) is 5.57. The number of benzene rings is 1. The molecule has 3 aliphatic rings. The topological polar surface area (TPSA) is 165 Å². The van der Waals surface area contributed by atoms with E-state index in [1.54, 1.807) is 22.0 Å². The van der Waals surface area contributed by atoms with Crippen molar-refractivity contribution in [3.05, 3.63) is 70.8 Å². The second kappa shape index (κ2) is 14.0. The molecule has 2 N–H and O–H groups in total. The van der Waals surface area contributed by atoms with Gasteiger partial charge in [0.2, 0.25) is 17.7 Å². The minimum absolute atomic E-state index is 0.0374. The van der Waals surface area contributed by atoms with Crippen molar-refractivity contribution in [2.75, 3.05) is 11.9 Å². The number of hydrogen-bond acceptors (Lipinski definition) is 9. The van der Waals surface area contributed by atoms with Crippen molar-refractivity contribution in [3.63, 3.8) is 0 Å². The van der Waals surface area contributed by atoms with Crippen LogP contribution < -0.4 is 10.6 Å². The van der Waals surface area contributed by atoms with Crippen LogP contribution in [0.15, 0.2) is 53.7 Å². The lowest BCUT2D eigenvalue weighted by atomic mass is 9.95. The Bertz CT molecular complexity index is 2060. The third-order valence-electron chi connectivity index (χ3n) is 10.5. The molecule has 1 aliphatic carbocycles. The molecule has 51 heavy (non-hydrogen) atoms. The van der Waals surface area contributed by atoms with Crippen LogP contribution in [0.2, 0.25) is 0 Å². The van der Waals surface area contributed by atoms with Gasteiger partial charge in [-0.05, 0) is 90.6 Å². The molecule has 1 saturated heterocycles. The fourth-order valence-electron chi connectivity index (χ4n) is 7.91. The van der Waals surface area contributed by atoms with E-state index in [9.17, 15) is 19.2 Å². The molecule has 3 amide bonds. The molecule has 2 fully saturated rings. The first kappa shape index (κ1) is 34.6. The monoisotopic (exact) mass is 753 g/mol. The molecule has 13 nitrogen and oxygen atoms in total. The number of aryl methyl sites for hydroxylation is 2. The maximum absolute atomic E-state index is 14.6. The summed E-state index contributed by atoms with van der Waals surface area (Å²) in [6.07, 6.45) is 15.4. The Morgan fingerprint density at radius 2 is 1.76 bits per heavy atom. The van der Waals surface area contributed by atoms with Crippen LogP contribution in [0.1, 0.15) is 74.2 Å². The number of Topliss-reactive ketones (excluding diaryl/α,β-unsaturated/α-hetero) is 1. The van der Waals surface area contributed by atoms with Gasteiger partial charge in [-0.1, -0.05) is 19.1 Å². The van der Waals surface area contributed by atoms with Crippen molar-refractivity contribution in [1.29, 1.82) is 0 Å². The number of carbonyl (C=O) groups is 4. The number of piperidine rings is 1. The number of halogens is 1. The van der Waals surface area contributed by atoms with Crippen LogP contribution in [-0.2, 0) is 27.3 Å². The quantitative estimate of drug-likeness (QED) is 0.216. The highest BCUT2D eigenvalue weighted by molar-refractivity contribution is 9.10. The predicted molar refractivity (Wildman–Crippen MR) is 193 cm³/mol. The van der Waals surface area contributed by atoms with Gasteiger partial charge < -0.3 is 15.5 Å². The first-order chi connectivity index (χ1) is 24.6. The lowest BCUT2D eigenvalue weighted by Gasteiger charge is -2.28. The fraction of sp³-hybridized carbons (Fsp3) is 0.432. The molecular formula is C37H40BrN9O4. The highest BCUT2D eigenvalue weighted by atomic mass is 79.9. The summed E-state index contributed by atoms with van der Waals surface area (Å²) < 4.78 is 2.10. The van der Waals surface area contributed by atoms with Crippen LogP contribution in [0, 0.1) is 18.3 Å². The van der Waals surface area contributed by atoms with Gasteiger partial charge in [-0.15, -0.1) is 0 Å². The summed E-state index contributed by atoms with van der Waals surface area (Å²) in [5, 5.41) is 11.4. The second-order valence-corrected chi connectivity index (χ2v) is 14.7. The molecule has 4 aromatic rings. The summed E-state index contributed by atoms with van der Waals surface area (Å²) in [5.74, 6) is 0.0514. The smallest absolute Gasteiger partial charge is 0.248 e. The number of anilines is 1. The van der Waals surface area contributed by atoms with E-state index in [0.717, 1.165) is 47.9 Å². The van der Waals surface area contributed by atoms with Crippen LogP contribution >= 0.6 is 15.9 Å². The zero-order chi connectivity index (χ0) is 35.9. The van der Waals surface area contributed by atoms with Crippen LogP contribution in [-0.4, -0.2) is 76.7 Å². The Hall–Kier alpha value is -4.85. The van der Waals surface area contributed by atoms with E-state index in [2.05, 4.69) is 71.6 Å². The van der Waals surface area contributed by atoms with Gasteiger partial charge in [-0.25, -0.2) is 15.0 Å². The predicted octanol–water partition coefficient (Wildman–Crippen LogP) is 4.98. The first-order valence-corrected chi connectivity index (χ1v) is 18.2. The van der Waals surface area contributed by atoms with Gasteiger partial charge in [-0.2, -0.15) is 5.10 Å². The van der Waals surface area contributed by atoms with Crippen molar-refractivity contribution in [2.45, 2.75) is 84.3 Å². The van der Waals surface area contributed by atoms with Gasteiger partial charge in [0.1, 0.15) is 28.7 Å². The largest absolute Gasteiger partial charge is 0.355 e. The SMILES string of the molecule is CC(=O)c1nn2c3c(cc(-c4cnc(C)nc4)cc13)CCC/C=C/CCCC(=O)NC[C@@]13C[C@@H](C(=O)Nc4cncc(Br)n4)N(C(=O)C2)C1[C@@H]3C. The maximum atomic E-state index is 14.6. The summed E-state index contributed by atoms with van der Waals surface area (Å²) in [6, 6.07) is 2.93. The first-order valence-electron chi connectivity index (χ1n) is 17.4. The Balaban J connectivity index is 1.30. The number of hydrogen-bond donors (Lipinski definition) is 2. The van der Waals surface area contributed by atoms with E-state index in [4.69, 9.17) is 5.10 Å². The van der Waals surface area contributed by atoms with E-state index in [1.807, 2.05) is 13.0 Å². The molecule has 0 radical (unpaired) electrons. The molecular weight excluding hydrogens is 714 g/mol. The molecule has 1 unspecified atom stereocenters. The van der Waals surface area contributed by atoms with Crippen LogP contribution in [0.4, 0.5) is 5.82 Å². The zero-order valence-corrected chi connectivity index (χ0v) is 30.4. The summed E-state index contributed by atoms with van der Waals surface area (Å²) in [7, 11) is 0. The molecule has 1 saturated carbocycles. The minimum Gasteiger partial charge on any atom is -0.355 e. The number of aromatic nitrogens is 6. The average molecular weight is 755 g/mol. The molecule has 14 heteroatoms. The van der Waals surface area contributed by atoms with Gasteiger partial charge >= 0.3 is 0 Å². The molecule has 3 aromatic heterocycles. The van der Waals surface area contributed by atoms with Gasteiger partial charge in [0.25, 0.3) is 0 Å². The van der Waals surface area contributed by atoms with E-state index in [1.165, 1.54) is 19.3 Å². The molecule has 264 valence electrons. The third-order valence-corrected chi connectivity index (χ3v) is 10.9. The molecule has 4 atom stereocenters. The Labute approximate surface area is 303 Å². The van der Waals surface area contributed by atoms with Crippen molar-refractivity contribution in [2.24, 2.45) is 11.3 Å². The van der Waals surface area contributed by atoms with Crippen molar-refractivity contribution >= 4 is 56.2 Å². The number of carbonyl (C=O) groups excluding carboxylic acids is 4. The van der Waals surface area contributed by atoms with Crippen LogP contribution in [0.5, 0.6) is 0 Å². The number of nitrogens with one attached hydrogen (secondary N) is 2. The van der Waals surface area contributed by atoms with E-state index in [0.29, 0.717) is 41.6 Å². The number of nitrogens with zero attached hydrogens (tertiary/aromatic N) is 7. The fourth-order valence-corrected chi connectivity index (χ4v) is 8.22. The number of allylic oxidation sites excluding steroid dienone is 2. The van der Waals surface area contributed by atoms with E-state index < -0.39 is 11.5 Å². The van der Waals surface area contributed by atoms with Gasteiger partial charge in [-0.3, -0.25) is 28.8 Å². The lowest BCUT2D eigenvalue weighted by molar-refractivity contribution is -0.139. The van der Waals surface area contributed by atoms with Crippen molar-refractivity contribution < 1.29 is 19.2 Å². The summed E-state index contributed by atoms with van der Waals surface area (Å²) in [4.78, 5) is 73.3. The van der Waals surface area contributed by atoms with Crippen molar-refractivity contribution in [3.8, 4) is 11.1 Å². The Kier molecular flexibility index (Phi) is 9.53. The van der Waals surface area contributed by atoms with Gasteiger partial charge in [0.15, 0.2) is 11.6 Å². The number of rotatable bonds is 4. The molecule has 5 heterocycles. The number of ketones is 1. The highest BCUT2D eigenvalue weighted by Crippen LogP contribution is 2.64. The Morgan fingerprint density at radius 3 is 2.49 bits per heavy atom. The minimum atomic E-state index is -0.811. The highest BCUT2D eigenvalue weighted by Gasteiger charge is 2.72. The summed E-state index contributed by atoms with van der Waals surface area (Å²) >= 11 is 3.30. The lowest BCUT2D eigenvalue weighted by Crippen LogP contribution is -2.47. The van der Waals surface area contributed by atoms with Gasteiger partial charge in [0, 0.05) is 54.7 Å². The Morgan fingerprint density at radius 1 is 1.02 bits per heavy atom. The molecule has 7 rings (SSSR count). The summed E-state index contributed by atoms with van der Waals surface area (Å²) in [5.41, 5.74) is 3.17. The normalized spacial score (nSPS) is 24.5. The van der Waals surface area contributed by atoms with E-state index in [-0.39, 0.29) is 53.5 Å². The maximum Gasteiger partial charge on any atom is 0.248 e. The third kappa shape index (κ3) is 6.80. The second-order valence-electron chi connectivity index (χ2n) is 13.8. The molecule has 1 aromatic carbocycles. The van der Waals surface area contributed by atoms with Crippen LogP contribution in [0.25, 0.3) is 22.0 Å². The average Bonchev–Trinajstić information content (AvgIpc) is 3.35.